The van der Waals surface area contributed by atoms with Crippen molar-refractivity contribution in [3.8, 4) is 11.3 Å². The Bertz CT molecular complexity index is 738. The number of nitrogens with two attached hydrogens (primary N) is 1. The summed E-state index contributed by atoms with van der Waals surface area (Å²) in [5, 5.41) is 0.687. The van der Waals surface area contributed by atoms with E-state index in [1.54, 1.807) is 24.0 Å². The van der Waals surface area contributed by atoms with Crippen molar-refractivity contribution in [2.24, 2.45) is 0 Å². The number of aryl methyl sites for hydroxylation is 2. The third-order valence-corrected chi connectivity index (χ3v) is 3.86. The predicted molar refractivity (Wildman–Crippen MR) is 87.5 cm³/mol. The number of hydrogen-bond donors (Lipinski definition) is 1. The van der Waals surface area contributed by atoms with Crippen LogP contribution in [0.15, 0.2) is 52.2 Å². The van der Waals surface area contributed by atoms with Crippen LogP contribution in [-0.2, 0) is 6.42 Å². The van der Waals surface area contributed by atoms with Crippen LogP contribution in [-0.4, -0.2) is 20.7 Å². The first kappa shape index (κ1) is 14.6. The molecule has 22 heavy (non-hydrogen) atoms. The van der Waals surface area contributed by atoms with Crippen LogP contribution in [0.3, 0.4) is 0 Å². The highest BCUT2D eigenvalue weighted by Crippen LogP contribution is 2.21. The predicted octanol–water partition coefficient (Wildman–Crippen LogP) is 3.36. The number of nitrogens with zero attached hydrogens (tertiary/aromatic N) is 3. The van der Waals surface area contributed by atoms with Crippen LogP contribution in [0.2, 0.25) is 0 Å². The molecular weight excluding hydrogens is 296 g/mol. The summed E-state index contributed by atoms with van der Waals surface area (Å²) < 4.78 is 5.77. The molecule has 0 radical (unpaired) electrons. The van der Waals surface area contributed by atoms with E-state index in [1.807, 2.05) is 37.3 Å². The first-order valence-electron chi connectivity index (χ1n) is 6.95. The zero-order valence-corrected chi connectivity index (χ0v) is 13.0. The van der Waals surface area contributed by atoms with Gasteiger partial charge in [0.1, 0.15) is 5.82 Å². The molecule has 112 valence electrons. The van der Waals surface area contributed by atoms with Gasteiger partial charge < -0.3 is 10.2 Å². The van der Waals surface area contributed by atoms with Crippen molar-refractivity contribution in [3.63, 3.8) is 0 Å². The average Bonchev–Trinajstić information content (AvgIpc) is 2.96. The minimum atomic E-state index is 0.498. The molecule has 0 aliphatic heterocycles. The SMILES string of the molecule is Cc1cc(N)nc(SCCc2ncc(-c3ccccc3)o2)n1. The summed E-state index contributed by atoms with van der Waals surface area (Å²) in [6.45, 7) is 1.91. The molecular formula is C16H16N4OS. The maximum atomic E-state index is 5.77. The van der Waals surface area contributed by atoms with E-state index in [0.717, 1.165) is 22.8 Å². The normalized spacial score (nSPS) is 10.8. The molecule has 0 spiro atoms. The second kappa shape index (κ2) is 6.62. The fourth-order valence-corrected chi connectivity index (χ4v) is 2.86. The third-order valence-electron chi connectivity index (χ3n) is 3.01. The Morgan fingerprint density at radius 3 is 2.77 bits per heavy atom. The summed E-state index contributed by atoms with van der Waals surface area (Å²) in [5.41, 5.74) is 7.62. The lowest BCUT2D eigenvalue weighted by molar-refractivity contribution is 0.515. The van der Waals surface area contributed by atoms with Gasteiger partial charge in [0.25, 0.3) is 0 Å². The number of rotatable bonds is 5. The van der Waals surface area contributed by atoms with Gasteiger partial charge in [-0.3, -0.25) is 0 Å². The Balaban J connectivity index is 1.59. The molecule has 2 heterocycles. The maximum absolute atomic E-state index is 5.77. The van der Waals surface area contributed by atoms with Crippen LogP contribution < -0.4 is 5.73 Å². The molecule has 6 heteroatoms. The molecule has 0 unspecified atom stereocenters. The van der Waals surface area contributed by atoms with Crippen molar-refractivity contribution in [2.45, 2.75) is 18.5 Å². The van der Waals surface area contributed by atoms with Crippen LogP contribution in [0.25, 0.3) is 11.3 Å². The molecule has 0 fully saturated rings. The van der Waals surface area contributed by atoms with Crippen LogP contribution >= 0.6 is 11.8 Å². The Morgan fingerprint density at radius 2 is 2.00 bits per heavy atom. The van der Waals surface area contributed by atoms with E-state index in [4.69, 9.17) is 10.2 Å². The molecule has 0 aliphatic carbocycles. The minimum absolute atomic E-state index is 0.498. The number of thioether (sulfide) groups is 1. The van der Waals surface area contributed by atoms with Gasteiger partial charge >= 0.3 is 0 Å². The minimum Gasteiger partial charge on any atom is -0.441 e. The summed E-state index contributed by atoms with van der Waals surface area (Å²) in [6, 6.07) is 11.7. The number of hydrogen-bond acceptors (Lipinski definition) is 6. The summed E-state index contributed by atoms with van der Waals surface area (Å²) in [4.78, 5) is 12.8. The van der Waals surface area contributed by atoms with E-state index in [1.165, 1.54) is 0 Å². The van der Waals surface area contributed by atoms with Crippen molar-refractivity contribution < 1.29 is 4.42 Å². The first-order chi connectivity index (χ1) is 10.7. The van der Waals surface area contributed by atoms with Crippen molar-refractivity contribution in [2.75, 3.05) is 11.5 Å². The van der Waals surface area contributed by atoms with E-state index in [9.17, 15) is 0 Å². The lowest BCUT2D eigenvalue weighted by Gasteiger charge is -2.01. The van der Waals surface area contributed by atoms with Gasteiger partial charge in [-0.1, -0.05) is 42.1 Å². The summed E-state index contributed by atoms with van der Waals surface area (Å²) in [6.07, 6.45) is 2.48. The number of anilines is 1. The maximum Gasteiger partial charge on any atom is 0.195 e. The van der Waals surface area contributed by atoms with Gasteiger partial charge in [-0.05, 0) is 6.92 Å². The molecule has 0 saturated carbocycles. The van der Waals surface area contributed by atoms with Crippen LogP contribution in [0.1, 0.15) is 11.6 Å². The van der Waals surface area contributed by atoms with E-state index in [2.05, 4.69) is 15.0 Å². The van der Waals surface area contributed by atoms with Gasteiger partial charge in [0.15, 0.2) is 16.8 Å². The largest absolute Gasteiger partial charge is 0.441 e. The number of oxazole rings is 1. The summed E-state index contributed by atoms with van der Waals surface area (Å²) in [5.74, 6) is 2.79. The van der Waals surface area contributed by atoms with E-state index >= 15 is 0 Å². The monoisotopic (exact) mass is 312 g/mol. The van der Waals surface area contributed by atoms with Crippen molar-refractivity contribution in [3.05, 3.63) is 54.2 Å². The Labute approximate surface area is 133 Å². The van der Waals surface area contributed by atoms with Crippen LogP contribution in [0, 0.1) is 6.92 Å². The zero-order valence-electron chi connectivity index (χ0n) is 12.2. The molecule has 0 amide bonds. The topological polar surface area (TPSA) is 77.8 Å². The Morgan fingerprint density at radius 1 is 1.18 bits per heavy atom. The van der Waals surface area contributed by atoms with Crippen LogP contribution in [0.4, 0.5) is 5.82 Å². The molecule has 2 aromatic heterocycles. The van der Waals surface area contributed by atoms with Gasteiger partial charge in [0, 0.05) is 29.5 Å². The molecule has 0 saturated heterocycles. The van der Waals surface area contributed by atoms with Gasteiger partial charge in [-0.15, -0.1) is 0 Å². The van der Waals surface area contributed by atoms with Gasteiger partial charge in [-0.2, -0.15) is 0 Å². The van der Waals surface area contributed by atoms with E-state index in [-0.39, 0.29) is 0 Å². The second-order valence-corrected chi connectivity index (χ2v) is 5.86. The zero-order chi connectivity index (χ0) is 15.4. The highest BCUT2D eigenvalue weighted by atomic mass is 32.2. The lowest BCUT2D eigenvalue weighted by atomic mass is 10.2. The Hall–Kier alpha value is -2.34. The number of nitrogen functional groups attached to an aromatic ring is 1. The summed E-state index contributed by atoms with van der Waals surface area (Å²) in [7, 11) is 0. The fraction of sp³-hybridized carbons (Fsp3) is 0.188. The van der Waals surface area contributed by atoms with Crippen molar-refractivity contribution in [1.82, 2.24) is 15.0 Å². The lowest BCUT2D eigenvalue weighted by Crippen LogP contribution is -1.98. The molecule has 5 nitrogen and oxygen atoms in total. The molecule has 0 atom stereocenters. The highest BCUT2D eigenvalue weighted by molar-refractivity contribution is 7.99. The van der Waals surface area contributed by atoms with Gasteiger partial charge in [0.2, 0.25) is 0 Å². The highest BCUT2D eigenvalue weighted by Gasteiger charge is 2.07. The number of benzene rings is 1. The van der Waals surface area contributed by atoms with E-state index in [0.29, 0.717) is 23.3 Å². The van der Waals surface area contributed by atoms with Gasteiger partial charge in [-0.25, -0.2) is 15.0 Å². The quantitative estimate of drug-likeness (QED) is 0.575. The first-order valence-corrected chi connectivity index (χ1v) is 7.93. The van der Waals surface area contributed by atoms with Crippen molar-refractivity contribution >= 4 is 17.6 Å². The Kier molecular flexibility index (Phi) is 4.39. The molecule has 0 aliphatic rings. The molecule has 0 bridgehead atoms. The standard InChI is InChI=1S/C16H16N4OS/c1-11-9-14(17)20-16(19-11)22-8-7-15-18-10-13(21-15)12-5-3-2-4-6-12/h2-6,9-10H,7-8H2,1H3,(H2,17,19,20). The van der Waals surface area contributed by atoms with Crippen LogP contribution in [0.5, 0.6) is 0 Å². The molecule has 3 rings (SSSR count). The summed E-state index contributed by atoms with van der Waals surface area (Å²) >= 11 is 1.55. The molecule has 1 aromatic carbocycles. The van der Waals surface area contributed by atoms with E-state index < -0.39 is 0 Å². The molecule has 3 aromatic rings. The number of aromatic nitrogens is 3. The van der Waals surface area contributed by atoms with Gasteiger partial charge in [0.05, 0.1) is 6.20 Å². The fourth-order valence-electron chi connectivity index (χ4n) is 2.02. The second-order valence-electron chi connectivity index (χ2n) is 4.80. The average molecular weight is 312 g/mol. The van der Waals surface area contributed by atoms with Crippen molar-refractivity contribution in [1.29, 1.82) is 0 Å². The smallest absolute Gasteiger partial charge is 0.195 e. The third kappa shape index (κ3) is 3.65. The molecule has 2 N–H and O–H groups in total.